The lowest BCUT2D eigenvalue weighted by atomic mass is 10.1. The van der Waals surface area contributed by atoms with Gasteiger partial charge in [0, 0.05) is 13.3 Å². The molecule has 0 aliphatic heterocycles. The Hall–Kier alpha value is -1.85. The van der Waals surface area contributed by atoms with E-state index in [1.54, 1.807) is 6.92 Å². The van der Waals surface area contributed by atoms with E-state index in [1.807, 2.05) is 37.3 Å². The third-order valence-electron chi connectivity index (χ3n) is 4.09. The number of nitrogens with one attached hydrogen (secondary N) is 1. The van der Waals surface area contributed by atoms with Crippen LogP contribution in [0.1, 0.15) is 32.3 Å². The van der Waals surface area contributed by atoms with Crippen molar-refractivity contribution in [3.63, 3.8) is 0 Å². The van der Waals surface area contributed by atoms with Crippen LogP contribution < -0.4 is 5.32 Å². The quantitative estimate of drug-likeness (QED) is 0.487. The maximum Gasteiger partial charge on any atom is 0.408 e. The molecule has 3 atom stereocenters. The molecule has 0 bridgehead atoms. The molecule has 7 nitrogen and oxygen atoms in total. The van der Waals surface area contributed by atoms with E-state index in [1.165, 1.54) is 14.2 Å². The number of carbonyl (C=O) groups is 2. The molecular formula is C18H28NO6P. The normalized spacial score (nSPS) is 15.4. The van der Waals surface area contributed by atoms with Crippen molar-refractivity contribution in [1.29, 1.82) is 0 Å². The van der Waals surface area contributed by atoms with Crippen LogP contribution in [0.15, 0.2) is 30.3 Å². The van der Waals surface area contributed by atoms with E-state index in [4.69, 9.17) is 14.0 Å². The fourth-order valence-electron chi connectivity index (χ4n) is 2.53. The summed E-state index contributed by atoms with van der Waals surface area (Å²) in [5.41, 5.74) is 0.846. The third-order valence-corrected chi connectivity index (χ3v) is 6.96. The van der Waals surface area contributed by atoms with Crippen LogP contribution in [0.25, 0.3) is 0 Å². The molecule has 1 amide bonds. The molecule has 0 spiro atoms. The van der Waals surface area contributed by atoms with Crippen molar-refractivity contribution in [1.82, 2.24) is 5.32 Å². The summed E-state index contributed by atoms with van der Waals surface area (Å²) in [4.78, 5) is 23.9. The number of alkyl carbamates (subject to hydrolysis) is 1. The minimum Gasteiger partial charge on any atom is -0.469 e. The van der Waals surface area contributed by atoms with Crippen LogP contribution in [0.4, 0.5) is 4.79 Å². The van der Waals surface area contributed by atoms with Gasteiger partial charge in [0.15, 0.2) is 0 Å². The average molecular weight is 385 g/mol. The second kappa shape index (κ2) is 11.0. The molecule has 0 fully saturated rings. The van der Waals surface area contributed by atoms with Gasteiger partial charge < -0.3 is 19.3 Å². The second-order valence-corrected chi connectivity index (χ2v) is 8.94. The van der Waals surface area contributed by atoms with Crippen molar-refractivity contribution < 1.29 is 28.2 Å². The minimum atomic E-state index is -3.31. The highest BCUT2D eigenvalue weighted by atomic mass is 31.2. The molecule has 0 saturated carbocycles. The first-order valence-corrected chi connectivity index (χ1v) is 10.4. The molecular weight excluding hydrogens is 357 g/mol. The lowest BCUT2D eigenvalue weighted by Gasteiger charge is -2.26. The smallest absolute Gasteiger partial charge is 0.408 e. The van der Waals surface area contributed by atoms with Gasteiger partial charge in [-0.05, 0) is 18.9 Å². The molecule has 3 unspecified atom stereocenters. The van der Waals surface area contributed by atoms with Crippen molar-refractivity contribution >= 4 is 19.4 Å². The predicted octanol–water partition coefficient (Wildman–Crippen LogP) is 3.77. The Labute approximate surface area is 154 Å². The van der Waals surface area contributed by atoms with Gasteiger partial charge in [-0.1, -0.05) is 43.7 Å². The van der Waals surface area contributed by atoms with Gasteiger partial charge in [-0.2, -0.15) is 0 Å². The van der Waals surface area contributed by atoms with Crippen molar-refractivity contribution in [2.75, 3.05) is 20.4 Å². The van der Waals surface area contributed by atoms with E-state index in [2.05, 4.69) is 5.32 Å². The summed E-state index contributed by atoms with van der Waals surface area (Å²) in [5.74, 6) is -1.76. The Kier molecular flexibility index (Phi) is 9.38. The lowest BCUT2D eigenvalue weighted by Crippen LogP contribution is -2.35. The number of benzene rings is 1. The van der Waals surface area contributed by atoms with Gasteiger partial charge in [-0.25, -0.2) is 4.79 Å². The Morgan fingerprint density at radius 1 is 1.19 bits per heavy atom. The monoisotopic (exact) mass is 385 g/mol. The second-order valence-electron chi connectivity index (χ2n) is 5.98. The molecule has 0 aliphatic carbocycles. The number of rotatable bonds is 10. The first-order chi connectivity index (χ1) is 12.4. The number of ether oxygens (including phenoxy) is 2. The molecule has 8 heteroatoms. The molecule has 0 radical (unpaired) electrons. The summed E-state index contributed by atoms with van der Waals surface area (Å²) >= 11 is 0. The third kappa shape index (κ3) is 6.81. The summed E-state index contributed by atoms with van der Waals surface area (Å²) < 4.78 is 28.2. The largest absolute Gasteiger partial charge is 0.469 e. The SMILES string of the molecule is CCCC(CP(=O)(OC)C(C)NC(=O)OCc1ccccc1)C(=O)OC. The van der Waals surface area contributed by atoms with Crippen molar-refractivity contribution in [3.05, 3.63) is 35.9 Å². The summed E-state index contributed by atoms with van der Waals surface area (Å²) in [6, 6.07) is 9.23. The van der Waals surface area contributed by atoms with E-state index in [9.17, 15) is 14.2 Å². The Morgan fingerprint density at radius 3 is 2.38 bits per heavy atom. The van der Waals surface area contributed by atoms with E-state index < -0.39 is 31.1 Å². The zero-order chi connectivity index (χ0) is 19.6. The van der Waals surface area contributed by atoms with Gasteiger partial charge in [0.2, 0.25) is 7.37 Å². The van der Waals surface area contributed by atoms with Crippen LogP contribution in [0.5, 0.6) is 0 Å². The zero-order valence-corrected chi connectivity index (χ0v) is 16.7. The molecule has 1 aromatic carbocycles. The Balaban J connectivity index is 2.67. The summed E-state index contributed by atoms with van der Waals surface area (Å²) in [6.07, 6.45) is 0.587. The standard InChI is InChI=1S/C18H28NO6P/c1-5-9-16(17(20)23-3)13-26(22,24-4)14(2)19-18(21)25-12-15-10-7-6-8-11-15/h6-8,10-11,14,16H,5,9,12-13H2,1-4H3,(H,19,21). The summed E-state index contributed by atoms with van der Waals surface area (Å²) in [5, 5.41) is 2.54. The number of methoxy groups -OCH3 is 1. The van der Waals surface area contributed by atoms with E-state index >= 15 is 0 Å². The molecule has 1 aromatic rings. The Bertz CT molecular complexity index is 621. The highest BCUT2D eigenvalue weighted by Crippen LogP contribution is 2.52. The highest BCUT2D eigenvalue weighted by molar-refractivity contribution is 7.59. The van der Waals surface area contributed by atoms with Gasteiger partial charge in [0.05, 0.1) is 13.0 Å². The van der Waals surface area contributed by atoms with Gasteiger partial charge in [-0.15, -0.1) is 0 Å². The molecule has 0 heterocycles. The lowest BCUT2D eigenvalue weighted by molar-refractivity contribution is -0.144. The van der Waals surface area contributed by atoms with Crippen molar-refractivity contribution in [3.8, 4) is 0 Å². The van der Waals surface area contributed by atoms with Crippen molar-refractivity contribution in [2.45, 2.75) is 39.1 Å². The van der Waals surface area contributed by atoms with E-state index in [-0.39, 0.29) is 12.8 Å². The van der Waals surface area contributed by atoms with Crippen molar-refractivity contribution in [2.24, 2.45) is 5.92 Å². The van der Waals surface area contributed by atoms with E-state index in [0.717, 1.165) is 12.0 Å². The molecule has 0 aliphatic rings. The zero-order valence-electron chi connectivity index (χ0n) is 15.8. The fourth-order valence-corrected chi connectivity index (χ4v) is 4.56. The number of hydrogen-bond acceptors (Lipinski definition) is 6. The first-order valence-electron chi connectivity index (χ1n) is 8.55. The van der Waals surface area contributed by atoms with Crippen LogP contribution in [-0.4, -0.2) is 38.2 Å². The van der Waals surface area contributed by atoms with Crippen LogP contribution in [0, 0.1) is 5.92 Å². The average Bonchev–Trinajstić information content (AvgIpc) is 2.66. The van der Waals surface area contributed by atoms with Crippen LogP contribution in [0.3, 0.4) is 0 Å². The topological polar surface area (TPSA) is 90.9 Å². The maximum atomic E-state index is 13.1. The van der Waals surface area contributed by atoms with Crippen LogP contribution in [0.2, 0.25) is 0 Å². The Morgan fingerprint density at radius 2 is 1.85 bits per heavy atom. The summed E-state index contributed by atoms with van der Waals surface area (Å²) in [6.45, 7) is 3.61. The van der Waals surface area contributed by atoms with Crippen LogP contribution in [-0.2, 0) is 30.0 Å². The molecule has 26 heavy (non-hydrogen) atoms. The van der Waals surface area contributed by atoms with Gasteiger partial charge in [0.1, 0.15) is 12.4 Å². The molecule has 0 aromatic heterocycles. The fraction of sp³-hybridized carbons (Fsp3) is 0.556. The van der Waals surface area contributed by atoms with E-state index in [0.29, 0.717) is 6.42 Å². The number of hydrogen-bond donors (Lipinski definition) is 1. The maximum absolute atomic E-state index is 13.1. The number of amides is 1. The number of carbonyl (C=O) groups excluding carboxylic acids is 2. The minimum absolute atomic E-state index is 0.00411. The van der Waals surface area contributed by atoms with Crippen LogP contribution >= 0.6 is 7.37 Å². The summed E-state index contributed by atoms with van der Waals surface area (Å²) in [7, 11) is -0.695. The molecule has 1 rings (SSSR count). The first kappa shape index (κ1) is 22.2. The predicted molar refractivity (Wildman–Crippen MR) is 99.1 cm³/mol. The van der Waals surface area contributed by atoms with Gasteiger partial charge >= 0.3 is 12.1 Å². The highest BCUT2D eigenvalue weighted by Gasteiger charge is 2.36. The number of esters is 1. The molecule has 1 N–H and O–H groups in total. The molecule has 146 valence electrons. The molecule has 0 saturated heterocycles. The van der Waals surface area contributed by atoms with Gasteiger partial charge in [-0.3, -0.25) is 9.36 Å². The van der Waals surface area contributed by atoms with Gasteiger partial charge in [0.25, 0.3) is 0 Å².